The second-order valence-corrected chi connectivity index (χ2v) is 6.84. The van der Waals surface area contributed by atoms with E-state index in [-0.39, 0.29) is 23.6 Å². The maximum Gasteiger partial charge on any atom is 0.237 e. The summed E-state index contributed by atoms with van der Waals surface area (Å²) < 4.78 is 26.0. The Morgan fingerprint density at radius 2 is 2.16 bits per heavy atom. The lowest BCUT2D eigenvalue weighted by atomic mass is 9.96. The minimum absolute atomic E-state index is 0. The van der Waals surface area contributed by atoms with Crippen molar-refractivity contribution in [1.29, 1.82) is 0 Å². The van der Waals surface area contributed by atoms with Gasteiger partial charge >= 0.3 is 0 Å². The SMILES string of the molecule is CCC(C)(N)c1ccnc(NS(=O)(=O)C2CC2)n1.Cl. The van der Waals surface area contributed by atoms with Gasteiger partial charge in [-0.15, -0.1) is 12.4 Å². The van der Waals surface area contributed by atoms with Crippen LogP contribution in [0.3, 0.4) is 0 Å². The number of rotatable bonds is 5. The van der Waals surface area contributed by atoms with Crippen molar-refractivity contribution in [1.82, 2.24) is 9.97 Å². The van der Waals surface area contributed by atoms with E-state index in [0.717, 1.165) is 0 Å². The van der Waals surface area contributed by atoms with Crippen LogP contribution < -0.4 is 10.5 Å². The quantitative estimate of drug-likeness (QED) is 0.856. The van der Waals surface area contributed by atoms with Crippen LogP contribution in [0.1, 0.15) is 38.8 Å². The molecule has 0 radical (unpaired) electrons. The Morgan fingerprint density at radius 1 is 1.53 bits per heavy atom. The number of halogens is 1. The third kappa shape index (κ3) is 3.77. The van der Waals surface area contributed by atoms with E-state index >= 15 is 0 Å². The Kier molecular flexibility index (Phi) is 4.76. The molecule has 0 saturated heterocycles. The van der Waals surface area contributed by atoms with Crippen molar-refractivity contribution in [2.45, 2.75) is 43.9 Å². The largest absolute Gasteiger partial charge is 0.320 e. The highest BCUT2D eigenvalue weighted by Crippen LogP contribution is 2.29. The van der Waals surface area contributed by atoms with Crippen molar-refractivity contribution < 1.29 is 8.42 Å². The molecule has 1 atom stereocenters. The minimum atomic E-state index is -3.32. The molecule has 1 aliphatic rings. The Bertz CT molecular complexity index is 543. The van der Waals surface area contributed by atoms with Gasteiger partial charge in [0.25, 0.3) is 0 Å². The molecule has 0 amide bonds. The van der Waals surface area contributed by atoms with Crippen molar-refractivity contribution in [3.05, 3.63) is 18.0 Å². The van der Waals surface area contributed by atoms with Crippen LogP contribution in [-0.4, -0.2) is 23.6 Å². The molecule has 8 heteroatoms. The normalized spacial score (nSPS) is 18.3. The lowest BCUT2D eigenvalue weighted by molar-refractivity contribution is 0.461. The summed E-state index contributed by atoms with van der Waals surface area (Å²) in [7, 11) is -3.32. The van der Waals surface area contributed by atoms with Crippen LogP contribution in [-0.2, 0) is 15.6 Å². The van der Waals surface area contributed by atoms with E-state index in [1.807, 2.05) is 13.8 Å². The molecule has 1 aromatic heterocycles. The lowest BCUT2D eigenvalue weighted by Gasteiger charge is -2.22. The maximum absolute atomic E-state index is 11.8. The molecule has 19 heavy (non-hydrogen) atoms. The molecule has 1 fully saturated rings. The number of hydrogen-bond donors (Lipinski definition) is 2. The highest BCUT2D eigenvalue weighted by molar-refractivity contribution is 7.93. The third-order valence-corrected chi connectivity index (χ3v) is 4.99. The van der Waals surface area contributed by atoms with Crippen LogP contribution in [0.4, 0.5) is 5.95 Å². The first kappa shape index (κ1) is 16.1. The van der Waals surface area contributed by atoms with Crippen LogP contribution in [0.15, 0.2) is 12.3 Å². The first-order valence-electron chi connectivity index (χ1n) is 5.99. The highest BCUT2D eigenvalue weighted by Gasteiger charge is 2.36. The van der Waals surface area contributed by atoms with Crippen molar-refractivity contribution in [3.8, 4) is 0 Å². The van der Waals surface area contributed by atoms with Gasteiger partial charge in [0.05, 0.1) is 16.5 Å². The van der Waals surface area contributed by atoms with Gasteiger partial charge in [-0.2, -0.15) is 0 Å². The van der Waals surface area contributed by atoms with Crippen LogP contribution >= 0.6 is 12.4 Å². The molecule has 3 N–H and O–H groups in total. The third-order valence-electron chi connectivity index (χ3n) is 3.17. The Labute approximate surface area is 119 Å². The van der Waals surface area contributed by atoms with E-state index in [4.69, 9.17) is 5.73 Å². The molecular formula is C11H19ClN4O2S. The number of hydrogen-bond acceptors (Lipinski definition) is 5. The van der Waals surface area contributed by atoms with Gasteiger partial charge in [-0.05, 0) is 32.3 Å². The molecule has 1 aliphatic carbocycles. The first-order chi connectivity index (χ1) is 8.35. The van der Waals surface area contributed by atoms with E-state index in [9.17, 15) is 8.42 Å². The van der Waals surface area contributed by atoms with Crippen molar-refractivity contribution in [2.75, 3.05) is 4.72 Å². The summed E-state index contributed by atoms with van der Waals surface area (Å²) in [6.07, 6.45) is 3.64. The number of nitrogens with zero attached hydrogens (tertiary/aromatic N) is 2. The van der Waals surface area contributed by atoms with Crippen LogP contribution in [0.25, 0.3) is 0 Å². The average molecular weight is 307 g/mol. The standard InChI is InChI=1S/C11H18N4O2S.ClH/c1-3-11(2,12)9-6-7-13-10(14-9)15-18(16,17)8-4-5-8;/h6-8H,3-5,12H2,1-2H3,(H,13,14,15);1H. The summed E-state index contributed by atoms with van der Waals surface area (Å²) in [5.41, 5.74) is 6.13. The molecular weight excluding hydrogens is 288 g/mol. The van der Waals surface area contributed by atoms with Crippen LogP contribution in [0.5, 0.6) is 0 Å². The topological polar surface area (TPSA) is 98.0 Å². The van der Waals surface area contributed by atoms with Gasteiger partial charge in [-0.25, -0.2) is 18.4 Å². The Balaban J connectivity index is 0.00000180. The predicted octanol–water partition coefficient (Wildman–Crippen LogP) is 1.39. The summed E-state index contributed by atoms with van der Waals surface area (Å²) in [5, 5.41) is -0.291. The second-order valence-electron chi connectivity index (χ2n) is 4.88. The van der Waals surface area contributed by atoms with Gasteiger partial charge in [0.15, 0.2) is 0 Å². The zero-order valence-electron chi connectivity index (χ0n) is 11.0. The molecule has 1 unspecified atom stereocenters. The molecule has 0 aromatic carbocycles. The van der Waals surface area contributed by atoms with E-state index in [2.05, 4.69) is 14.7 Å². The molecule has 0 spiro atoms. The molecule has 2 rings (SSSR count). The fourth-order valence-electron chi connectivity index (χ4n) is 1.50. The lowest BCUT2D eigenvalue weighted by Crippen LogP contribution is -2.33. The zero-order valence-corrected chi connectivity index (χ0v) is 12.6. The summed E-state index contributed by atoms with van der Waals surface area (Å²) in [5.74, 6) is 0.101. The Morgan fingerprint density at radius 3 is 2.68 bits per heavy atom. The molecule has 1 heterocycles. The van der Waals surface area contributed by atoms with Crippen molar-refractivity contribution in [3.63, 3.8) is 0 Å². The molecule has 6 nitrogen and oxygen atoms in total. The van der Waals surface area contributed by atoms with Crippen molar-refractivity contribution >= 4 is 28.4 Å². The van der Waals surface area contributed by atoms with E-state index in [1.54, 1.807) is 6.07 Å². The monoisotopic (exact) mass is 306 g/mol. The van der Waals surface area contributed by atoms with E-state index in [1.165, 1.54) is 6.20 Å². The van der Waals surface area contributed by atoms with Gasteiger partial charge in [0.1, 0.15) is 0 Å². The van der Waals surface area contributed by atoms with Gasteiger partial charge < -0.3 is 5.73 Å². The number of aromatic nitrogens is 2. The first-order valence-corrected chi connectivity index (χ1v) is 7.54. The highest BCUT2D eigenvalue weighted by atomic mass is 35.5. The predicted molar refractivity (Wildman–Crippen MR) is 76.7 cm³/mol. The van der Waals surface area contributed by atoms with Crippen LogP contribution in [0.2, 0.25) is 0 Å². The fraction of sp³-hybridized carbons (Fsp3) is 0.636. The second kappa shape index (κ2) is 5.60. The summed E-state index contributed by atoms with van der Waals surface area (Å²) in [6.45, 7) is 3.81. The summed E-state index contributed by atoms with van der Waals surface area (Å²) >= 11 is 0. The fourth-order valence-corrected chi connectivity index (χ4v) is 2.77. The molecule has 0 bridgehead atoms. The van der Waals surface area contributed by atoms with E-state index in [0.29, 0.717) is 25.0 Å². The molecule has 108 valence electrons. The molecule has 1 saturated carbocycles. The van der Waals surface area contributed by atoms with Crippen LogP contribution in [0, 0.1) is 0 Å². The van der Waals surface area contributed by atoms with Gasteiger partial charge in [0, 0.05) is 6.20 Å². The number of anilines is 1. The number of sulfonamides is 1. The molecule has 0 aliphatic heterocycles. The molecule has 1 aromatic rings. The number of nitrogens with one attached hydrogen (secondary N) is 1. The zero-order chi connectivity index (χ0) is 13.4. The summed E-state index contributed by atoms with van der Waals surface area (Å²) in [6, 6.07) is 1.71. The van der Waals surface area contributed by atoms with Gasteiger partial charge in [-0.1, -0.05) is 6.92 Å². The summed E-state index contributed by atoms with van der Waals surface area (Å²) in [4.78, 5) is 8.11. The smallest absolute Gasteiger partial charge is 0.237 e. The van der Waals surface area contributed by atoms with Gasteiger partial charge in [0.2, 0.25) is 16.0 Å². The van der Waals surface area contributed by atoms with E-state index < -0.39 is 15.6 Å². The maximum atomic E-state index is 11.8. The Hall–Kier alpha value is -0.920. The van der Waals surface area contributed by atoms with Gasteiger partial charge in [-0.3, -0.25) is 4.72 Å². The number of nitrogens with two attached hydrogens (primary N) is 1. The minimum Gasteiger partial charge on any atom is -0.320 e. The average Bonchev–Trinajstić information content (AvgIpc) is 3.13. The van der Waals surface area contributed by atoms with Crippen molar-refractivity contribution in [2.24, 2.45) is 5.73 Å².